The van der Waals surface area contributed by atoms with Crippen molar-refractivity contribution in [3.05, 3.63) is 0 Å². The predicted molar refractivity (Wildman–Crippen MR) is 80.0 cm³/mol. The van der Waals surface area contributed by atoms with Crippen molar-refractivity contribution >= 4 is 17.7 Å². The number of carbonyl (C=O) groups excluding carboxylic acids is 1. The van der Waals surface area contributed by atoms with E-state index in [1.807, 2.05) is 0 Å². The Morgan fingerprint density at radius 2 is 2.11 bits per heavy atom. The van der Waals surface area contributed by atoms with Crippen LogP contribution < -0.4 is 10.6 Å². The third-order valence-corrected chi connectivity index (χ3v) is 4.74. The second kappa shape index (κ2) is 6.29. The van der Waals surface area contributed by atoms with Gasteiger partial charge in [-0.25, -0.2) is 0 Å². The van der Waals surface area contributed by atoms with Crippen LogP contribution in [-0.2, 0) is 4.79 Å². The van der Waals surface area contributed by atoms with E-state index in [0.29, 0.717) is 11.8 Å². The number of hydrogen-bond donors (Lipinski definition) is 2. The van der Waals surface area contributed by atoms with E-state index in [9.17, 15) is 4.79 Å². The molecule has 0 bridgehead atoms. The molecule has 0 aromatic rings. The highest BCUT2D eigenvalue weighted by Crippen LogP contribution is 2.29. The second-order valence-corrected chi connectivity index (χ2v) is 8.61. The van der Waals surface area contributed by atoms with Crippen LogP contribution in [0, 0.1) is 5.41 Å². The number of thioether (sulfide) groups is 1. The smallest absolute Gasteiger partial charge is 0.230 e. The molecule has 18 heavy (non-hydrogen) atoms. The third-order valence-electron chi connectivity index (χ3n) is 3.47. The molecule has 1 amide bonds. The van der Waals surface area contributed by atoms with Crippen molar-refractivity contribution in [1.82, 2.24) is 10.6 Å². The summed E-state index contributed by atoms with van der Waals surface area (Å²) >= 11 is 1.70. The van der Waals surface area contributed by atoms with Crippen molar-refractivity contribution in [3.8, 4) is 0 Å². The summed E-state index contributed by atoms with van der Waals surface area (Å²) in [5.41, 5.74) is 0.280. The van der Waals surface area contributed by atoms with Gasteiger partial charge < -0.3 is 10.6 Å². The van der Waals surface area contributed by atoms with Crippen LogP contribution in [0.5, 0.6) is 0 Å². The maximum absolute atomic E-state index is 11.8. The number of piperidine rings is 1. The van der Waals surface area contributed by atoms with Gasteiger partial charge in [-0.15, -0.1) is 11.8 Å². The van der Waals surface area contributed by atoms with Gasteiger partial charge >= 0.3 is 0 Å². The Labute approximate surface area is 116 Å². The van der Waals surface area contributed by atoms with E-state index in [0.717, 1.165) is 13.1 Å². The molecule has 0 spiro atoms. The van der Waals surface area contributed by atoms with Crippen molar-refractivity contribution < 1.29 is 4.79 Å². The van der Waals surface area contributed by atoms with Crippen LogP contribution >= 0.6 is 11.8 Å². The number of rotatable bonds is 4. The quantitative estimate of drug-likeness (QED) is 0.826. The monoisotopic (exact) mass is 272 g/mol. The number of nitrogens with one attached hydrogen (secondary N) is 2. The van der Waals surface area contributed by atoms with Crippen molar-refractivity contribution in [1.29, 1.82) is 0 Å². The van der Waals surface area contributed by atoms with Crippen LogP contribution in [-0.4, -0.2) is 35.5 Å². The molecule has 106 valence electrons. The zero-order valence-electron chi connectivity index (χ0n) is 12.4. The zero-order valence-corrected chi connectivity index (χ0v) is 13.2. The Balaban J connectivity index is 2.29. The minimum Gasteiger partial charge on any atom is -0.354 e. The molecule has 1 unspecified atom stereocenters. The van der Waals surface area contributed by atoms with E-state index < -0.39 is 0 Å². The van der Waals surface area contributed by atoms with Crippen LogP contribution in [0.15, 0.2) is 0 Å². The Morgan fingerprint density at radius 3 is 2.67 bits per heavy atom. The van der Waals surface area contributed by atoms with Gasteiger partial charge in [-0.3, -0.25) is 4.79 Å². The minimum atomic E-state index is 0.151. The van der Waals surface area contributed by atoms with Gasteiger partial charge in [-0.05, 0) is 24.8 Å². The standard InChI is InChI=1S/C14H28N2OS/c1-13(2,3)18-10-12(17)16-9-11-14(4,5)7-6-8-15-11/h11,15H,6-10H2,1-5H3,(H,16,17). The van der Waals surface area contributed by atoms with Crippen molar-refractivity contribution in [2.45, 2.75) is 58.2 Å². The van der Waals surface area contributed by atoms with Gasteiger partial charge in [0.05, 0.1) is 5.75 Å². The summed E-state index contributed by atoms with van der Waals surface area (Å²) in [6.45, 7) is 12.8. The van der Waals surface area contributed by atoms with E-state index in [1.165, 1.54) is 12.8 Å². The highest BCUT2D eigenvalue weighted by Gasteiger charge is 2.31. The molecule has 0 aliphatic carbocycles. The van der Waals surface area contributed by atoms with Gasteiger partial charge in [0.15, 0.2) is 0 Å². The molecule has 0 aromatic heterocycles. The molecule has 1 rings (SSSR count). The molecule has 1 aliphatic heterocycles. The van der Waals surface area contributed by atoms with Crippen molar-refractivity contribution in [2.75, 3.05) is 18.8 Å². The topological polar surface area (TPSA) is 41.1 Å². The van der Waals surface area contributed by atoms with Crippen LogP contribution in [0.1, 0.15) is 47.5 Å². The lowest BCUT2D eigenvalue weighted by molar-refractivity contribution is -0.118. The molecule has 1 aliphatic rings. The molecule has 1 heterocycles. The van der Waals surface area contributed by atoms with E-state index in [4.69, 9.17) is 0 Å². The van der Waals surface area contributed by atoms with Crippen LogP contribution in [0.4, 0.5) is 0 Å². The van der Waals surface area contributed by atoms with Crippen LogP contribution in [0.3, 0.4) is 0 Å². The maximum Gasteiger partial charge on any atom is 0.230 e. The molecular weight excluding hydrogens is 244 g/mol. The molecule has 0 saturated carbocycles. The summed E-state index contributed by atoms with van der Waals surface area (Å²) < 4.78 is 0.152. The Hall–Kier alpha value is -0.220. The first-order valence-corrected chi connectivity index (χ1v) is 7.83. The van der Waals surface area contributed by atoms with Gasteiger partial charge in [0.25, 0.3) is 0 Å². The minimum absolute atomic E-state index is 0.151. The first-order valence-electron chi connectivity index (χ1n) is 6.85. The molecule has 1 fully saturated rings. The average molecular weight is 272 g/mol. The molecule has 2 N–H and O–H groups in total. The summed E-state index contributed by atoms with van der Waals surface area (Å²) in [4.78, 5) is 11.8. The third kappa shape index (κ3) is 5.61. The lowest BCUT2D eigenvalue weighted by Gasteiger charge is -2.39. The zero-order chi connectivity index (χ0) is 13.8. The first kappa shape index (κ1) is 15.8. The largest absolute Gasteiger partial charge is 0.354 e. The SMILES string of the molecule is CC(C)(C)SCC(=O)NCC1NCCCC1(C)C. The van der Waals surface area contributed by atoms with Crippen LogP contribution in [0.2, 0.25) is 0 Å². The average Bonchev–Trinajstić information content (AvgIpc) is 2.23. The first-order chi connectivity index (χ1) is 8.21. The van der Waals surface area contributed by atoms with Crippen molar-refractivity contribution in [3.63, 3.8) is 0 Å². The van der Waals surface area contributed by atoms with E-state index >= 15 is 0 Å². The van der Waals surface area contributed by atoms with Gasteiger partial charge in [-0.2, -0.15) is 0 Å². The molecular formula is C14H28N2OS. The molecule has 1 saturated heterocycles. The Morgan fingerprint density at radius 1 is 1.44 bits per heavy atom. The number of amides is 1. The number of carbonyl (C=O) groups is 1. The molecule has 4 heteroatoms. The Kier molecular flexibility index (Phi) is 5.53. The Bertz CT molecular complexity index is 284. The fraction of sp³-hybridized carbons (Fsp3) is 0.929. The van der Waals surface area contributed by atoms with E-state index in [1.54, 1.807) is 11.8 Å². The summed E-state index contributed by atoms with van der Waals surface area (Å²) in [7, 11) is 0. The maximum atomic E-state index is 11.8. The lowest BCUT2D eigenvalue weighted by atomic mass is 9.77. The summed E-state index contributed by atoms with van der Waals surface area (Å²) in [6, 6.07) is 0.398. The van der Waals surface area contributed by atoms with Crippen LogP contribution in [0.25, 0.3) is 0 Å². The van der Waals surface area contributed by atoms with E-state index in [2.05, 4.69) is 45.3 Å². The fourth-order valence-electron chi connectivity index (χ4n) is 2.17. The fourth-order valence-corrected chi connectivity index (χ4v) is 2.83. The van der Waals surface area contributed by atoms with E-state index in [-0.39, 0.29) is 16.1 Å². The second-order valence-electron chi connectivity index (χ2n) is 6.80. The highest BCUT2D eigenvalue weighted by atomic mass is 32.2. The predicted octanol–water partition coefficient (Wildman–Crippen LogP) is 2.41. The summed E-state index contributed by atoms with van der Waals surface area (Å²) in [5.74, 6) is 0.703. The van der Waals surface area contributed by atoms with Crippen molar-refractivity contribution in [2.24, 2.45) is 5.41 Å². The summed E-state index contributed by atoms with van der Waals surface area (Å²) in [5, 5.41) is 6.57. The lowest BCUT2D eigenvalue weighted by Crippen LogP contribution is -2.53. The summed E-state index contributed by atoms with van der Waals surface area (Å²) in [6.07, 6.45) is 2.47. The number of hydrogen-bond acceptors (Lipinski definition) is 3. The van der Waals surface area contributed by atoms with Gasteiger partial charge in [0, 0.05) is 17.3 Å². The molecule has 0 aromatic carbocycles. The normalized spacial score (nSPS) is 23.7. The molecule has 3 nitrogen and oxygen atoms in total. The van der Waals surface area contributed by atoms with Gasteiger partial charge in [-0.1, -0.05) is 34.6 Å². The molecule has 1 atom stereocenters. The van der Waals surface area contributed by atoms with Gasteiger partial charge in [0.1, 0.15) is 0 Å². The molecule has 0 radical (unpaired) electrons. The van der Waals surface area contributed by atoms with Gasteiger partial charge in [0.2, 0.25) is 5.91 Å². The highest BCUT2D eigenvalue weighted by molar-refractivity contribution is 8.01.